The zero-order valence-electron chi connectivity index (χ0n) is 10.3. The van der Waals surface area contributed by atoms with Gasteiger partial charge in [0, 0.05) is 10.0 Å². The standard InChI is InChI=1S/C15H11Cl2FO2/c16-11-3-1-2-9(6-11)13(15(19)20)8-10-7-12(18)4-5-14(10)17/h1-7,13H,8H2,(H,19,20). The number of carbonyl (C=O) groups is 1. The van der Waals surface area contributed by atoms with Crippen LogP contribution in [-0.4, -0.2) is 11.1 Å². The summed E-state index contributed by atoms with van der Waals surface area (Å²) in [7, 11) is 0. The molecule has 2 aromatic rings. The van der Waals surface area contributed by atoms with E-state index >= 15 is 0 Å². The first-order valence-corrected chi connectivity index (χ1v) is 6.65. The second-order valence-corrected chi connectivity index (χ2v) is 5.23. The molecule has 0 amide bonds. The van der Waals surface area contributed by atoms with Gasteiger partial charge in [-0.15, -0.1) is 0 Å². The number of carboxylic acid groups (broad SMARTS) is 1. The fourth-order valence-electron chi connectivity index (χ4n) is 1.99. The van der Waals surface area contributed by atoms with Gasteiger partial charge in [-0.05, 0) is 47.9 Å². The first kappa shape index (κ1) is 14.8. The average Bonchev–Trinajstić information content (AvgIpc) is 2.39. The number of aliphatic carboxylic acids is 1. The summed E-state index contributed by atoms with van der Waals surface area (Å²) in [6.45, 7) is 0. The second kappa shape index (κ2) is 6.25. The van der Waals surface area contributed by atoms with Gasteiger partial charge in [-0.1, -0.05) is 35.3 Å². The maximum absolute atomic E-state index is 13.2. The second-order valence-electron chi connectivity index (χ2n) is 4.39. The highest BCUT2D eigenvalue weighted by atomic mass is 35.5. The van der Waals surface area contributed by atoms with Crippen LogP contribution in [0.1, 0.15) is 17.0 Å². The SMILES string of the molecule is O=C(O)C(Cc1cc(F)ccc1Cl)c1cccc(Cl)c1. The molecule has 1 N–H and O–H groups in total. The van der Waals surface area contributed by atoms with E-state index in [1.165, 1.54) is 18.2 Å². The van der Waals surface area contributed by atoms with Crippen molar-refractivity contribution >= 4 is 29.2 Å². The maximum Gasteiger partial charge on any atom is 0.311 e. The summed E-state index contributed by atoms with van der Waals surface area (Å²) in [5.41, 5.74) is 1.02. The van der Waals surface area contributed by atoms with E-state index in [0.29, 0.717) is 21.2 Å². The fraction of sp³-hybridized carbons (Fsp3) is 0.133. The molecule has 0 aromatic heterocycles. The van der Waals surface area contributed by atoms with Crippen molar-refractivity contribution in [2.24, 2.45) is 0 Å². The molecule has 0 aliphatic heterocycles. The topological polar surface area (TPSA) is 37.3 Å². The molecule has 0 heterocycles. The zero-order chi connectivity index (χ0) is 14.7. The predicted molar refractivity (Wildman–Crippen MR) is 76.9 cm³/mol. The van der Waals surface area contributed by atoms with Gasteiger partial charge in [-0.3, -0.25) is 4.79 Å². The van der Waals surface area contributed by atoms with Crippen molar-refractivity contribution < 1.29 is 14.3 Å². The van der Waals surface area contributed by atoms with Gasteiger partial charge < -0.3 is 5.11 Å². The third-order valence-corrected chi connectivity index (χ3v) is 3.58. The van der Waals surface area contributed by atoms with E-state index < -0.39 is 17.7 Å². The molecule has 0 saturated heterocycles. The van der Waals surface area contributed by atoms with E-state index in [2.05, 4.69) is 0 Å². The third kappa shape index (κ3) is 3.50. The minimum absolute atomic E-state index is 0.103. The van der Waals surface area contributed by atoms with Gasteiger partial charge >= 0.3 is 5.97 Å². The summed E-state index contributed by atoms with van der Waals surface area (Å²) in [5, 5.41) is 10.2. The summed E-state index contributed by atoms with van der Waals surface area (Å²) in [6.07, 6.45) is 0.103. The molecule has 2 rings (SSSR count). The quantitative estimate of drug-likeness (QED) is 0.899. The number of hydrogen-bond acceptors (Lipinski definition) is 1. The van der Waals surface area contributed by atoms with Gasteiger partial charge in [0.15, 0.2) is 0 Å². The van der Waals surface area contributed by atoms with Gasteiger partial charge in [-0.25, -0.2) is 4.39 Å². The normalized spacial score (nSPS) is 12.2. The van der Waals surface area contributed by atoms with Crippen LogP contribution in [0.4, 0.5) is 4.39 Å². The van der Waals surface area contributed by atoms with E-state index in [9.17, 15) is 14.3 Å². The summed E-state index contributed by atoms with van der Waals surface area (Å²) >= 11 is 11.9. The lowest BCUT2D eigenvalue weighted by Crippen LogP contribution is -2.14. The summed E-state index contributed by atoms with van der Waals surface area (Å²) in [6, 6.07) is 10.5. The molecule has 0 spiro atoms. The molecule has 0 radical (unpaired) electrons. The minimum atomic E-state index is -1.01. The van der Waals surface area contributed by atoms with Crippen LogP contribution in [0.5, 0.6) is 0 Å². The Labute approximate surface area is 125 Å². The molecule has 5 heteroatoms. The van der Waals surface area contributed by atoms with Crippen molar-refractivity contribution in [1.29, 1.82) is 0 Å². The largest absolute Gasteiger partial charge is 0.481 e. The van der Waals surface area contributed by atoms with E-state index in [0.717, 1.165) is 0 Å². The van der Waals surface area contributed by atoms with Gasteiger partial charge in [0.1, 0.15) is 5.82 Å². The molecular weight excluding hydrogens is 302 g/mol. The molecular formula is C15H11Cl2FO2. The summed E-state index contributed by atoms with van der Waals surface area (Å²) in [5.74, 6) is -2.28. The highest BCUT2D eigenvalue weighted by molar-refractivity contribution is 6.31. The molecule has 2 nitrogen and oxygen atoms in total. The smallest absolute Gasteiger partial charge is 0.311 e. The number of rotatable bonds is 4. The lowest BCUT2D eigenvalue weighted by Gasteiger charge is -2.14. The lowest BCUT2D eigenvalue weighted by atomic mass is 9.92. The van der Waals surface area contributed by atoms with Crippen LogP contribution in [-0.2, 0) is 11.2 Å². The Morgan fingerprint density at radius 2 is 1.95 bits per heavy atom. The Morgan fingerprint density at radius 1 is 1.20 bits per heavy atom. The Bertz CT molecular complexity index is 644. The van der Waals surface area contributed by atoms with E-state index in [-0.39, 0.29) is 6.42 Å². The fourth-order valence-corrected chi connectivity index (χ4v) is 2.38. The van der Waals surface area contributed by atoms with Crippen LogP contribution in [0.3, 0.4) is 0 Å². The number of halogens is 3. The molecule has 1 atom stereocenters. The molecule has 0 aliphatic carbocycles. The number of hydrogen-bond donors (Lipinski definition) is 1. The average molecular weight is 313 g/mol. The van der Waals surface area contributed by atoms with Crippen LogP contribution in [0.25, 0.3) is 0 Å². The van der Waals surface area contributed by atoms with E-state index in [1.54, 1.807) is 24.3 Å². The number of carboxylic acids is 1. The molecule has 0 bridgehead atoms. The molecule has 0 aliphatic rings. The van der Waals surface area contributed by atoms with E-state index in [1.807, 2.05) is 0 Å². The van der Waals surface area contributed by atoms with Gasteiger partial charge in [-0.2, -0.15) is 0 Å². The van der Waals surface area contributed by atoms with Gasteiger partial charge in [0.05, 0.1) is 5.92 Å². The molecule has 1 unspecified atom stereocenters. The van der Waals surface area contributed by atoms with Crippen molar-refractivity contribution in [3.63, 3.8) is 0 Å². The Hall–Kier alpha value is -1.58. The van der Waals surface area contributed by atoms with Crippen molar-refractivity contribution in [3.05, 3.63) is 69.5 Å². The van der Waals surface area contributed by atoms with Crippen LogP contribution < -0.4 is 0 Å². The Kier molecular flexibility index (Phi) is 4.63. The van der Waals surface area contributed by atoms with Crippen LogP contribution in [0.15, 0.2) is 42.5 Å². The van der Waals surface area contributed by atoms with Crippen molar-refractivity contribution in [3.8, 4) is 0 Å². The first-order valence-electron chi connectivity index (χ1n) is 5.89. The highest BCUT2D eigenvalue weighted by Crippen LogP contribution is 2.27. The zero-order valence-corrected chi connectivity index (χ0v) is 11.8. The van der Waals surface area contributed by atoms with Gasteiger partial charge in [0.2, 0.25) is 0 Å². The first-order chi connectivity index (χ1) is 9.47. The molecule has 0 fully saturated rings. The summed E-state index contributed by atoms with van der Waals surface area (Å²) < 4.78 is 13.2. The van der Waals surface area contributed by atoms with Crippen LogP contribution in [0.2, 0.25) is 10.0 Å². The monoisotopic (exact) mass is 312 g/mol. The highest BCUT2D eigenvalue weighted by Gasteiger charge is 2.22. The molecule has 0 saturated carbocycles. The number of benzene rings is 2. The minimum Gasteiger partial charge on any atom is -0.481 e. The van der Waals surface area contributed by atoms with Crippen molar-refractivity contribution in [2.75, 3.05) is 0 Å². The Balaban J connectivity index is 2.35. The molecule has 104 valence electrons. The molecule has 20 heavy (non-hydrogen) atoms. The summed E-state index contributed by atoms with van der Waals surface area (Å²) in [4.78, 5) is 11.4. The third-order valence-electron chi connectivity index (χ3n) is 2.98. The maximum atomic E-state index is 13.2. The van der Waals surface area contributed by atoms with Crippen molar-refractivity contribution in [2.45, 2.75) is 12.3 Å². The molecule has 2 aromatic carbocycles. The predicted octanol–water partition coefficient (Wildman–Crippen LogP) is 4.54. The van der Waals surface area contributed by atoms with Crippen LogP contribution >= 0.6 is 23.2 Å². The van der Waals surface area contributed by atoms with Crippen LogP contribution in [0, 0.1) is 5.82 Å². The van der Waals surface area contributed by atoms with Crippen molar-refractivity contribution in [1.82, 2.24) is 0 Å². The van der Waals surface area contributed by atoms with E-state index in [4.69, 9.17) is 23.2 Å². The van der Waals surface area contributed by atoms with Gasteiger partial charge in [0.25, 0.3) is 0 Å². The Morgan fingerprint density at radius 3 is 2.60 bits per heavy atom. The lowest BCUT2D eigenvalue weighted by molar-refractivity contribution is -0.138.